The molecule has 0 amide bonds. The minimum absolute atomic E-state index is 0.198. The molecule has 2 aliphatic rings. The van der Waals surface area contributed by atoms with E-state index in [2.05, 4.69) is 24.8 Å². The lowest BCUT2D eigenvalue weighted by Crippen LogP contribution is -2.39. The Hall–Kier alpha value is -2.24. The monoisotopic (exact) mass is 339 g/mol. The second-order valence-corrected chi connectivity index (χ2v) is 7.04. The second-order valence-electron chi connectivity index (χ2n) is 7.04. The van der Waals surface area contributed by atoms with Crippen LogP contribution < -0.4 is 9.64 Å². The molecule has 6 nitrogen and oxygen atoms in total. The minimum Gasteiger partial charge on any atom is -0.473 e. The molecule has 1 aliphatic carbocycles. The molecule has 1 fully saturated rings. The van der Waals surface area contributed by atoms with Gasteiger partial charge in [-0.25, -0.2) is 15.0 Å². The molecular weight excluding hydrogens is 314 g/mol. The highest BCUT2D eigenvalue weighted by atomic mass is 16.5. The van der Waals surface area contributed by atoms with Crippen LogP contribution in [0.1, 0.15) is 48.3 Å². The Morgan fingerprint density at radius 3 is 2.68 bits per heavy atom. The normalized spacial score (nSPS) is 18.1. The van der Waals surface area contributed by atoms with Crippen LogP contribution in [0.15, 0.2) is 12.5 Å². The maximum atomic E-state index is 6.13. The lowest BCUT2D eigenvalue weighted by molar-refractivity contribution is 0.161. The summed E-state index contributed by atoms with van der Waals surface area (Å²) in [6.45, 7) is 5.82. The fourth-order valence-electron chi connectivity index (χ4n) is 3.75. The SMILES string of the molecule is Cc1cnc(C)c(OC2CCN(c3ncnc4c3CCCC4)CC2)n1. The molecule has 2 aromatic heterocycles. The third-order valence-electron chi connectivity index (χ3n) is 5.15. The third kappa shape index (κ3) is 3.43. The molecule has 4 rings (SSSR count). The van der Waals surface area contributed by atoms with Crippen molar-refractivity contribution in [1.29, 1.82) is 0 Å². The molecule has 132 valence electrons. The van der Waals surface area contributed by atoms with Crippen molar-refractivity contribution in [2.24, 2.45) is 0 Å². The van der Waals surface area contributed by atoms with Gasteiger partial charge < -0.3 is 9.64 Å². The quantitative estimate of drug-likeness (QED) is 0.857. The van der Waals surface area contributed by atoms with Gasteiger partial charge in [-0.2, -0.15) is 0 Å². The predicted molar refractivity (Wildman–Crippen MR) is 96.0 cm³/mol. The van der Waals surface area contributed by atoms with E-state index in [0.717, 1.165) is 56.0 Å². The van der Waals surface area contributed by atoms with E-state index in [1.54, 1.807) is 12.5 Å². The van der Waals surface area contributed by atoms with Crippen LogP contribution in [0.3, 0.4) is 0 Å². The van der Waals surface area contributed by atoms with Crippen LogP contribution in [0.4, 0.5) is 5.82 Å². The number of hydrogen-bond donors (Lipinski definition) is 0. The Morgan fingerprint density at radius 1 is 1.04 bits per heavy atom. The van der Waals surface area contributed by atoms with E-state index >= 15 is 0 Å². The first-order valence-corrected chi connectivity index (χ1v) is 9.25. The lowest BCUT2D eigenvalue weighted by atomic mass is 9.95. The van der Waals surface area contributed by atoms with Crippen LogP contribution in [-0.4, -0.2) is 39.1 Å². The highest BCUT2D eigenvalue weighted by molar-refractivity contribution is 5.49. The highest BCUT2D eigenvalue weighted by Crippen LogP contribution is 2.29. The van der Waals surface area contributed by atoms with E-state index in [4.69, 9.17) is 4.74 Å². The topological polar surface area (TPSA) is 64.0 Å². The Morgan fingerprint density at radius 2 is 1.84 bits per heavy atom. The molecule has 6 heteroatoms. The molecule has 3 heterocycles. The Balaban J connectivity index is 1.43. The first-order chi connectivity index (χ1) is 12.2. The molecule has 0 unspecified atom stereocenters. The van der Waals surface area contributed by atoms with Crippen molar-refractivity contribution in [2.45, 2.75) is 58.5 Å². The van der Waals surface area contributed by atoms with Gasteiger partial charge in [0.05, 0.1) is 11.4 Å². The van der Waals surface area contributed by atoms with E-state index in [0.29, 0.717) is 5.88 Å². The number of fused-ring (bicyclic) bond motifs is 1. The summed E-state index contributed by atoms with van der Waals surface area (Å²) >= 11 is 0. The number of hydrogen-bond acceptors (Lipinski definition) is 6. The van der Waals surface area contributed by atoms with Gasteiger partial charge in [0.1, 0.15) is 18.2 Å². The summed E-state index contributed by atoms with van der Waals surface area (Å²) in [5.41, 5.74) is 4.37. The van der Waals surface area contributed by atoms with E-state index in [1.807, 2.05) is 13.8 Å². The first kappa shape index (κ1) is 16.2. The molecule has 0 radical (unpaired) electrons. The number of aromatic nitrogens is 4. The van der Waals surface area contributed by atoms with Gasteiger partial charge in [-0.15, -0.1) is 0 Å². The summed E-state index contributed by atoms with van der Waals surface area (Å²) in [5, 5.41) is 0. The largest absolute Gasteiger partial charge is 0.473 e. The van der Waals surface area contributed by atoms with Crippen LogP contribution in [0.5, 0.6) is 5.88 Å². The molecule has 0 spiro atoms. The van der Waals surface area contributed by atoms with Gasteiger partial charge in [-0.3, -0.25) is 4.98 Å². The van der Waals surface area contributed by atoms with Crippen molar-refractivity contribution in [3.8, 4) is 5.88 Å². The Kier molecular flexibility index (Phi) is 4.51. The van der Waals surface area contributed by atoms with E-state index < -0.39 is 0 Å². The van der Waals surface area contributed by atoms with Gasteiger partial charge in [0.25, 0.3) is 0 Å². The summed E-state index contributed by atoms with van der Waals surface area (Å²) in [6, 6.07) is 0. The number of ether oxygens (including phenoxy) is 1. The van der Waals surface area contributed by atoms with Crippen LogP contribution >= 0.6 is 0 Å². The van der Waals surface area contributed by atoms with Crippen LogP contribution in [0.25, 0.3) is 0 Å². The van der Waals surface area contributed by atoms with Crippen molar-refractivity contribution in [3.05, 3.63) is 35.2 Å². The van der Waals surface area contributed by atoms with Crippen molar-refractivity contribution in [2.75, 3.05) is 18.0 Å². The van der Waals surface area contributed by atoms with Crippen molar-refractivity contribution >= 4 is 5.82 Å². The molecule has 0 saturated carbocycles. The number of nitrogens with zero attached hydrogens (tertiary/aromatic N) is 5. The fourth-order valence-corrected chi connectivity index (χ4v) is 3.75. The zero-order valence-electron chi connectivity index (χ0n) is 15.0. The van der Waals surface area contributed by atoms with Crippen molar-refractivity contribution in [3.63, 3.8) is 0 Å². The van der Waals surface area contributed by atoms with Gasteiger partial charge in [-0.1, -0.05) is 0 Å². The molecule has 0 N–H and O–H groups in total. The molecule has 25 heavy (non-hydrogen) atoms. The van der Waals surface area contributed by atoms with Crippen LogP contribution in [0.2, 0.25) is 0 Å². The summed E-state index contributed by atoms with van der Waals surface area (Å²) in [5.74, 6) is 1.83. The van der Waals surface area contributed by atoms with E-state index in [1.165, 1.54) is 24.1 Å². The summed E-state index contributed by atoms with van der Waals surface area (Å²) in [4.78, 5) is 20.3. The van der Waals surface area contributed by atoms with Gasteiger partial charge in [0.15, 0.2) is 0 Å². The molecule has 0 aromatic carbocycles. The number of aryl methyl sites for hydroxylation is 3. The van der Waals surface area contributed by atoms with Gasteiger partial charge in [-0.05, 0) is 39.5 Å². The maximum Gasteiger partial charge on any atom is 0.235 e. The van der Waals surface area contributed by atoms with Gasteiger partial charge in [0.2, 0.25) is 5.88 Å². The van der Waals surface area contributed by atoms with Gasteiger partial charge in [0, 0.05) is 43.4 Å². The average Bonchev–Trinajstić information content (AvgIpc) is 2.65. The fraction of sp³-hybridized carbons (Fsp3) is 0.579. The lowest BCUT2D eigenvalue weighted by Gasteiger charge is -2.34. The standard InChI is InChI=1S/C19H25N5O/c1-13-11-20-14(2)19(23-13)25-15-7-9-24(10-8-15)18-16-5-3-4-6-17(16)21-12-22-18/h11-12,15H,3-10H2,1-2H3. The van der Waals surface area contributed by atoms with Crippen molar-refractivity contribution in [1.82, 2.24) is 19.9 Å². The Bertz CT molecular complexity index is 755. The zero-order chi connectivity index (χ0) is 17.2. The molecular formula is C19H25N5O. The third-order valence-corrected chi connectivity index (χ3v) is 5.15. The Labute approximate surface area is 148 Å². The summed E-state index contributed by atoms with van der Waals surface area (Å²) in [6.07, 6.45) is 10.4. The highest BCUT2D eigenvalue weighted by Gasteiger charge is 2.26. The van der Waals surface area contributed by atoms with Crippen LogP contribution in [-0.2, 0) is 12.8 Å². The van der Waals surface area contributed by atoms with E-state index in [-0.39, 0.29) is 6.10 Å². The molecule has 0 bridgehead atoms. The van der Waals surface area contributed by atoms with Crippen LogP contribution in [0, 0.1) is 13.8 Å². The number of rotatable bonds is 3. The maximum absolute atomic E-state index is 6.13. The second kappa shape index (κ2) is 6.94. The van der Waals surface area contributed by atoms with Gasteiger partial charge >= 0.3 is 0 Å². The predicted octanol–water partition coefficient (Wildman–Crippen LogP) is 2.81. The summed E-state index contributed by atoms with van der Waals surface area (Å²) in [7, 11) is 0. The summed E-state index contributed by atoms with van der Waals surface area (Å²) < 4.78 is 6.13. The smallest absolute Gasteiger partial charge is 0.235 e. The van der Waals surface area contributed by atoms with E-state index in [9.17, 15) is 0 Å². The molecule has 0 atom stereocenters. The number of anilines is 1. The number of piperidine rings is 1. The molecule has 2 aromatic rings. The van der Waals surface area contributed by atoms with Crippen molar-refractivity contribution < 1.29 is 4.74 Å². The minimum atomic E-state index is 0.198. The molecule has 1 aliphatic heterocycles. The zero-order valence-corrected chi connectivity index (χ0v) is 15.0. The average molecular weight is 339 g/mol. The first-order valence-electron chi connectivity index (χ1n) is 9.25. The molecule has 1 saturated heterocycles.